The van der Waals surface area contributed by atoms with E-state index in [9.17, 15) is 34.8 Å². The Labute approximate surface area is 186 Å². The fourth-order valence-corrected chi connectivity index (χ4v) is 2.84. The molecule has 10 heteroatoms. The van der Waals surface area contributed by atoms with Gasteiger partial charge in [-0.05, 0) is 41.5 Å². The molecule has 0 amide bonds. The minimum Gasteiger partial charge on any atom is -0.508 e. The number of aromatic carboxylic acids is 3. The molecule has 0 unspecified atom stereocenters. The monoisotopic (exact) mass is 448 g/mol. The quantitative estimate of drug-likeness (QED) is 0.253. The molecule has 3 aromatic carbocycles. The maximum atomic E-state index is 11.7. The van der Waals surface area contributed by atoms with Crippen molar-refractivity contribution in [2.24, 2.45) is 10.2 Å². The summed E-state index contributed by atoms with van der Waals surface area (Å²) >= 11 is 0. The van der Waals surface area contributed by atoms with Gasteiger partial charge in [-0.2, -0.15) is 5.11 Å². The summed E-state index contributed by atoms with van der Waals surface area (Å²) in [5, 5.41) is 54.6. The highest BCUT2D eigenvalue weighted by atomic mass is 16.4. The molecule has 0 radical (unpaired) electrons. The number of azo groups is 1. The second kappa shape index (κ2) is 9.43. The van der Waals surface area contributed by atoms with Crippen LogP contribution < -0.4 is 0 Å². The van der Waals surface area contributed by atoms with Gasteiger partial charge in [0.15, 0.2) is 0 Å². The average Bonchev–Trinajstić information content (AvgIpc) is 2.77. The van der Waals surface area contributed by atoms with E-state index >= 15 is 0 Å². The summed E-state index contributed by atoms with van der Waals surface area (Å²) in [6, 6.07) is 11.9. The van der Waals surface area contributed by atoms with Crippen molar-refractivity contribution in [1.82, 2.24) is 0 Å². The second-order valence-electron chi connectivity index (χ2n) is 6.70. The van der Waals surface area contributed by atoms with E-state index in [1.165, 1.54) is 36.4 Å². The molecule has 5 N–H and O–H groups in total. The molecular weight excluding hydrogens is 432 g/mol. The van der Waals surface area contributed by atoms with E-state index in [4.69, 9.17) is 5.11 Å². The van der Waals surface area contributed by atoms with Crippen molar-refractivity contribution < 1.29 is 39.9 Å². The predicted octanol–water partition coefficient (Wildman–Crippen LogP) is 4.78. The van der Waals surface area contributed by atoms with Crippen LogP contribution in [0.15, 0.2) is 64.8 Å². The number of aromatic hydroxyl groups is 2. The van der Waals surface area contributed by atoms with Crippen LogP contribution in [0.5, 0.6) is 11.5 Å². The van der Waals surface area contributed by atoms with Gasteiger partial charge in [-0.25, -0.2) is 14.4 Å². The van der Waals surface area contributed by atoms with Crippen LogP contribution in [0.25, 0.3) is 12.2 Å². The summed E-state index contributed by atoms with van der Waals surface area (Å²) in [5.41, 5.74) is 0.205. The van der Waals surface area contributed by atoms with Crippen LogP contribution in [-0.4, -0.2) is 43.4 Å². The molecule has 0 saturated heterocycles. The number of nitrogens with zero attached hydrogens (tertiary/aromatic N) is 2. The van der Waals surface area contributed by atoms with Crippen molar-refractivity contribution in [1.29, 1.82) is 0 Å². The molecule has 166 valence electrons. The number of hydrogen-bond donors (Lipinski definition) is 5. The minimum absolute atomic E-state index is 0.0826. The number of benzene rings is 3. The van der Waals surface area contributed by atoms with Gasteiger partial charge in [-0.3, -0.25) is 0 Å². The van der Waals surface area contributed by atoms with E-state index in [2.05, 4.69) is 10.2 Å². The molecule has 0 aromatic heterocycles. The highest BCUT2D eigenvalue weighted by Crippen LogP contribution is 2.36. The maximum absolute atomic E-state index is 11.7. The normalized spacial score (nSPS) is 11.2. The first-order chi connectivity index (χ1) is 15.7. The lowest BCUT2D eigenvalue weighted by Gasteiger charge is -2.05. The zero-order valence-corrected chi connectivity index (χ0v) is 16.7. The Balaban J connectivity index is 1.92. The largest absolute Gasteiger partial charge is 0.508 e. The first kappa shape index (κ1) is 22.7. The van der Waals surface area contributed by atoms with Gasteiger partial charge in [0.05, 0.1) is 22.4 Å². The standard InChI is InChI=1S/C23H16N2O8/c26-16-10-18(23(32)33)20(19(27)11-16)25-24-15-8-7-13(17(9-15)22(30)31)4-1-12-2-5-14(6-3-12)21(28)29/h1-11,26-27H,(H,28,29)(H,30,31)(H,32,33). The fraction of sp³-hybridized carbons (Fsp3) is 0. The number of carboxylic acids is 3. The number of phenolic OH excluding ortho intramolecular Hbond substituents is 2. The highest BCUT2D eigenvalue weighted by molar-refractivity contribution is 5.96. The van der Waals surface area contributed by atoms with E-state index < -0.39 is 40.7 Å². The molecule has 0 aliphatic rings. The third kappa shape index (κ3) is 5.39. The van der Waals surface area contributed by atoms with Crippen LogP contribution >= 0.6 is 0 Å². The Morgan fingerprint density at radius 3 is 1.97 bits per heavy atom. The van der Waals surface area contributed by atoms with Gasteiger partial charge in [0, 0.05) is 6.07 Å². The average molecular weight is 448 g/mol. The van der Waals surface area contributed by atoms with Gasteiger partial charge in [-0.1, -0.05) is 30.4 Å². The minimum atomic E-state index is -1.45. The highest BCUT2D eigenvalue weighted by Gasteiger charge is 2.16. The lowest BCUT2D eigenvalue weighted by atomic mass is 10.0. The van der Waals surface area contributed by atoms with Crippen LogP contribution in [0.4, 0.5) is 11.4 Å². The molecule has 0 spiro atoms. The van der Waals surface area contributed by atoms with Crippen molar-refractivity contribution in [2.45, 2.75) is 0 Å². The molecule has 0 heterocycles. The van der Waals surface area contributed by atoms with E-state index in [1.54, 1.807) is 18.2 Å². The lowest BCUT2D eigenvalue weighted by Crippen LogP contribution is -1.99. The summed E-state index contributed by atoms with van der Waals surface area (Å²) in [4.78, 5) is 33.9. The molecule has 0 aliphatic carbocycles. The fourth-order valence-electron chi connectivity index (χ4n) is 2.84. The topological polar surface area (TPSA) is 177 Å². The van der Waals surface area contributed by atoms with Gasteiger partial charge >= 0.3 is 17.9 Å². The van der Waals surface area contributed by atoms with Crippen LogP contribution in [0.1, 0.15) is 42.2 Å². The van der Waals surface area contributed by atoms with E-state index in [-0.39, 0.29) is 16.8 Å². The third-order valence-corrected chi connectivity index (χ3v) is 4.45. The Morgan fingerprint density at radius 1 is 0.697 bits per heavy atom. The first-order valence-corrected chi connectivity index (χ1v) is 9.25. The van der Waals surface area contributed by atoms with Crippen LogP contribution in [-0.2, 0) is 0 Å². The summed E-state index contributed by atoms with van der Waals surface area (Å²) in [5.74, 6) is -4.82. The van der Waals surface area contributed by atoms with Crippen LogP contribution in [0.3, 0.4) is 0 Å². The Hall–Kier alpha value is -4.99. The third-order valence-electron chi connectivity index (χ3n) is 4.45. The second-order valence-corrected chi connectivity index (χ2v) is 6.70. The summed E-state index contributed by atoms with van der Waals surface area (Å²) in [6.45, 7) is 0. The van der Waals surface area contributed by atoms with Crippen LogP contribution in [0.2, 0.25) is 0 Å². The zero-order chi connectivity index (χ0) is 24.1. The van der Waals surface area contributed by atoms with Crippen LogP contribution in [0, 0.1) is 0 Å². The predicted molar refractivity (Wildman–Crippen MR) is 117 cm³/mol. The molecular formula is C23H16N2O8. The van der Waals surface area contributed by atoms with Gasteiger partial charge < -0.3 is 25.5 Å². The van der Waals surface area contributed by atoms with Gasteiger partial charge in [0.2, 0.25) is 0 Å². The summed E-state index contributed by atoms with van der Waals surface area (Å²) in [7, 11) is 0. The first-order valence-electron chi connectivity index (χ1n) is 9.25. The summed E-state index contributed by atoms with van der Waals surface area (Å²) in [6.07, 6.45) is 3.15. The Kier molecular flexibility index (Phi) is 6.49. The number of carboxylic acid groups (broad SMARTS) is 3. The Morgan fingerprint density at radius 2 is 1.36 bits per heavy atom. The molecule has 0 fully saturated rings. The molecule has 0 atom stereocenters. The number of rotatable bonds is 7. The lowest BCUT2D eigenvalue weighted by molar-refractivity contribution is 0.0686. The van der Waals surface area contributed by atoms with Gasteiger partial charge in [-0.15, -0.1) is 5.11 Å². The van der Waals surface area contributed by atoms with Crippen molar-refractivity contribution in [3.05, 3.63) is 82.4 Å². The number of carbonyl (C=O) groups is 3. The molecule has 10 nitrogen and oxygen atoms in total. The van der Waals surface area contributed by atoms with Crippen molar-refractivity contribution in [2.75, 3.05) is 0 Å². The molecule has 33 heavy (non-hydrogen) atoms. The van der Waals surface area contributed by atoms with Gasteiger partial charge in [0.25, 0.3) is 0 Å². The molecule has 0 saturated carbocycles. The Bertz CT molecular complexity index is 1310. The molecule has 3 rings (SSSR count). The molecule has 3 aromatic rings. The smallest absolute Gasteiger partial charge is 0.338 e. The van der Waals surface area contributed by atoms with E-state index in [0.717, 1.165) is 12.1 Å². The molecule has 0 aliphatic heterocycles. The van der Waals surface area contributed by atoms with E-state index in [1.807, 2.05) is 0 Å². The van der Waals surface area contributed by atoms with Crippen molar-refractivity contribution >= 4 is 41.4 Å². The van der Waals surface area contributed by atoms with Crippen molar-refractivity contribution in [3.63, 3.8) is 0 Å². The number of phenols is 2. The molecule has 0 bridgehead atoms. The summed E-state index contributed by atoms with van der Waals surface area (Å²) < 4.78 is 0. The van der Waals surface area contributed by atoms with Crippen molar-refractivity contribution in [3.8, 4) is 11.5 Å². The SMILES string of the molecule is O=C(O)c1ccc(C=Cc2ccc(N=Nc3c(O)cc(O)cc3C(=O)O)cc2C(=O)O)cc1. The maximum Gasteiger partial charge on any atom is 0.338 e. The van der Waals surface area contributed by atoms with E-state index in [0.29, 0.717) is 11.1 Å². The van der Waals surface area contributed by atoms with Gasteiger partial charge in [0.1, 0.15) is 17.2 Å². The number of hydrogen-bond acceptors (Lipinski definition) is 7. The zero-order valence-electron chi connectivity index (χ0n) is 16.7.